The highest BCUT2D eigenvalue weighted by Gasteiger charge is 2.36. The number of carbonyl (C=O) groups excluding carboxylic acids is 2. The van der Waals surface area contributed by atoms with Crippen molar-refractivity contribution in [1.82, 2.24) is 0 Å². The topological polar surface area (TPSA) is 52.6 Å². The summed E-state index contributed by atoms with van der Waals surface area (Å²) in [6, 6.07) is 5.18. The Bertz CT molecular complexity index is 452. The normalized spacial score (nSPS) is 23.2. The predicted molar refractivity (Wildman–Crippen MR) is 56.6 cm³/mol. The van der Waals surface area contributed by atoms with Gasteiger partial charge < -0.3 is 9.47 Å². The minimum atomic E-state index is -1.04. The molecule has 0 saturated carbocycles. The van der Waals surface area contributed by atoms with Gasteiger partial charge in [-0.15, -0.1) is 0 Å². The average Bonchev–Trinajstić information content (AvgIpc) is 2.28. The number of aldehydes is 1. The number of fused-ring (bicyclic) bond motifs is 1. The maximum absolute atomic E-state index is 11.7. The molecule has 84 valence electrons. The second kappa shape index (κ2) is 3.63. The van der Waals surface area contributed by atoms with Crippen molar-refractivity contribution < 1.29 is 19.1 Å². The quantitative estimate of drug-likeness (QED) is 0.558. The summed E-state index contributed by atoms with van der Waals surface area (Å²) in [5.74, 6) is 0.125. The van der Waals surface area contributed by atoms with Crippen molar-refractivity contribution in [2.45, 2.75) is 18.9 Å². The van der Waals surface area contributed by atoms with Crippen LogP contribution in [0.1, 0.15) is 22.8 Å². The van der Waals surface area contributed by atoms with E-state index < -0.39 is 11.6 Å². The number of cyclic esters (lactones) is 1. The molecule has 0 fully saturated rings. The molecule has 1 aliphatic rings. The summed E-state index contributed by atoms with van der Waals surface area (Å²) in [5.41, 5.74) is 0.240. The third-order valence-corrected chi connectivity index (χ3v) is 2.65. The number of methoxy groups -OCH3 is 1. The van der Waals surface area contributed by atoms with Crippen molar-refractivity contribution in [3.8, 4) is 5.75 Å². The van der Waals surface area contributed by atoms with E-state index in [4.69, 9.17) is 9.47 Å². The summed E-state index contributed by atoms with van der Waals surface area (Å²) in [5, 5.41) is 0. The smallest absolute Gasteiger partial charge is 0.339 e. The number of carbonyl (C=O) groups is 2. The molecule has 1 aromatic carbocycles. The molecule has 4 heteroatoms. The molecule has 0 spiro atoms. The van der Waals surface area contributed by atoms with Gasteiger partial charge in [-0.1, -0.05) is 6.07 Å². The molecule has 0 aliphatic carbocycles. The molecule has 1 heterocycles. The van der Waals surface area contributed by atoms with E-state index in [1.165, 1.54) is 7.11 Å². The van der Waals surface area contributed by atoms with Crippen LogP contribution < -0.4 is 4.74 Å². The van der Waals surface area contributed by atoms with Crippen LogP contribution >= 0.6 is 0 Å². The van der Waals surface area contributed by atoms with Crippen molar-refractivity contribution in [2.75, 3.05) is 7.11 Å². The van der Waals surface area contributed by atoms with Gasteiger partial charge in [-0.3, -0.25) is 4.79 Å². The Labute approximate surface area is 93.2 Å². The van der Waals surface area contributed by atoms with Gasteiger partial charge in [0.05, 0.1) is 12.7 Å². The van der Waals surface area contributed by atoms with Crippen LogP contribution in [0.4, 0.5) is 0 Å². The van der Waals surface area contributed by atoms with Crippen molar-refractivity contribution in [2.24, 2.45) is 0 Å². The molecule has 0 aromatic heterocycles. The molecule has 2 rings (SSSR count). The second-order valence-electron chi connectivity index (χ2n) is 4.02. The van der Waals surface area contributed by atoms with Crippen LogP contribution in [0.25, 0.3) is 0 Å². The lowest BCUT2D eigenvalue weighted by molar-refractivity contribution is -0.124. The number of benzene rings is 1. The highest BCUT2D eigenvalue weighted by atomic mass is 16.6. The number of rotatable bonds is 2. The minimum absolute atomic E-state index is 0.404. The van der Waals surface area contributed by atoms with E-state index in [2.05, 4.69) is 0 Å². The zero-order valence-corrected chi connectivity index (χ0v) is 9.15. The van der Waals surface area contributed by atoms with E-state index in [9.17, 15) is 9.59 Å². The van der Waals surface area contributed by atoms with Gasteiger partial charge in [-0.05, 0) is 24.6 Å². The Kier molecular flexibility index (Phi) is 2.42. The van der Waals surface area contributed by atoms with Crippen LogP contribution in [-0.4, -0.2) is 25.0 Å². The first-order chi connectivity index (χ1) is 7.58. The van der Waals surface area contributed by atoms with Crippen LogP contribution in [0.2, 0.25) is 0 Å². The first-order valence-electron chi connectivity index (χ1n) is 4.94. The highest BCUT2D eigenvalue weighted by molar-refractivity contribution is 5.94. The average molecular weight is 220 g/mol. The van der Waals surface area contributed by atoms with Gasteiger partial charge in [-0.25, -0.2) is 4.79 Å². The molecule has 0 radical (unpaired) electrons. The molecule has 0 amide bonds. The van der Waals surface area contributed by atoms with Gasteiger partial charge in [0.25, 0.3) is 0 Å². The molecular formula is C12H12O4. The number of hydrogen-bond donors (Lipinski definition) is 0. The molecule has 1 aliphatic heterocycles. The summed E-state index contributed by atoms with van der Waals surface area (Å²) in [4.78, 5) is 22.5. The Morgan fingerprint density at radius 2 is 2.25 bits per heavy atom. The lowest BCUT2D eigenvalue weighted by atomic mass is 9.91. The predicted octanol–water partition coefficient (Wildman–Crippen LogP) is 1.37. The zero-order valence-electron chi connectivity index (χ0n) is 9.15. The lowest BCUT2D eigenvalue weighted by Gasteiger charge is -2.29. The fourth-order valence-electron chi connectivity index (χ4n) is 1.77. The fraction of sp³-hybridized carbons (Fsp3) is 0.333. The SMILES string of the molecule is COc1ccc2c(c1)C(=O)OC(C)(C=O)C2. The Morgan fingerprint density at radius 1 is 1.50 bits per heavy atom. The van der Waals surface area contributed by atoms with Crippen LogP contribution in [0, 0.1) is 0 Å². The maximum Gasteiger partial charge on any atom is 0.339 e. The molecule has 1 unspecified atom stereocenters. The standard InChI is InChI=1S/C12H12O4/c1-12(7-13)6-8-3-4-9(15-2)5-10(8)11(14)16-12/h3-5,7H,6H2,1-2H3. The first kappa shape index (κ1) is 10.7. The van der Waals surface area contributed by atoms with Crippen molar-refractivity contribution in [1.29, 1.82) is 0 Å². The highest BCUT2D eigenvalue weighted by Crippen LogP contribution is 2.29. The van der Waals surface area contributed by atoms with E-state index in [1.807, 2.05) is 0 Å². The molecule has 1 aromatic rings. The van der Waals surface area contributed by atoms with Gasteiger partial charge in [0.1, 0.15) is 5.75 Å². The summed E-state index contributed by atoms with van der Waals surface area (Å²) >= 11 is 0. The first-order valence-corrected chi connectivity index (χ1v) is 4.94. The molecule has 0 bridgehead atoms. The lowest BCUT2D eigenvalue weighted by Crippen LogP contribution is -2.40. The van der Waals surface area contributed by atoms with Gasteiger partial charge in [0.15, 0.2) is 11.9 Å². The second-order valence-corrected chi connectivity index (χ2v) is 4.02. The zero-order chi connectivity index (χ0) is 11.8. The Balaban J connectivity index is 2.46. The number of ether oxygens (including phenoxy) is 2. The summed E-state index contributed by atoms with van der Waals surface area (Å²) in [6.45, 7) is 1.60. The molecule has 16 heavy (non-hydrogen) atoms. The Hall–Kier alpha value is -1.84. The largest absolute Gasteiger partial charge is 0.497 e. The summed E-state index contributed by atoms with van der Waals surface area (Å²) < 4.78 is 10.1. The molecule has 4 nitrogen and oxygen atoms in total. The van der Waals surface area contributed by atoms with Gasteiger partial charge in [-0.2, -0.15) is 0 Å². The summed E-state index contributed by atoms with van der Waals surface area (Å²) in [6.07, 6.45) is 1.07. The van der Waals surface area contributed by atoms with Gasteiger partial charge in [0, 0.05) is 6.42 Å². The molecule has 0 N–H and O–H groups in total. The maximum atomic E-state index is 11.7. The monoisotopic (exact) mass is 220 g/mol. The van der Waals surface area contributed by atoms with Crippen molar-refractivity contribution >= 4 is 12.3 Å². The van der Waals surface area contributed by atoms with Crippen molar-refractivity contribution in [3.05, 3.63) is 29.3 Å². The van der Waals surface area contributed by atoms with Crippen LogP contribution in [0.15, 0.2) is 18.2 Å². The van der Waals surface area contributed by atoms with Crippen LogP contribution in [0.3, 0.4) is 0 Å². The van der Waals surface area contributed by atoms with Gasteiger partial charge >= 0.3 is 5.97 Å². The molecule has 1 atom stereocenters. The van der Waals surface area contributed by atoms with E-state index in [0.717, 1.165) is 5.56 Å². The Morgan fingerprint density at radius 3 is 2.88 bits per heavy atom. The number of esters is 1. The third kappa shape index (κ3) is 1.66. The fourth-order valence-corrected chi connectivity index (χ4v) is 1.77. The summed E-state index contributed by atoms with van der Waals surface area (Å²) in [7, 11) is 1.53. The molecular weight excluding hydrogens is 208 g/mol. The van der Waals surface area contributed by atoms with Crippen molar-refractivity contribution in [3.63, 3.8) is 0 Å². The van der Waals surface area contributed by atoms with E-state index in [0.29, 0.717) is 24.0 Å². The van der Waals surface area contributed by atoms with Gasteiger partial charge in [0.2, 0.25) is 0 Å². The number of hydrogen-bond acceptors (Lipinski definition) is 4. The van der Waals surface area contributed by atoms with E-state index in [1.54, 1.807) is 25.1 Å². The van der Waals surface area contributed by atoms with E-state index >= 15 is 0 Å². The third-order valence-electron chi connectivity index (χ3n) is 2.65. The van der Waals surface area contributed by atoms with Crippen LogP contribution in [0.5, 0.6) is 5.75 Å². The molecule has 0 saturated heterocycles. The van der Waals surface area contributed by atoms with E-state index in [-0.39, 0.29) is 0 Å². The van der Waals surface area contributed by atoms with Crippen LogP contribution in [-0.2, 0) is 16.0 Å². The minimum Gasteiger partial charge on any atom is -0.497 e.